The molecule has 4 nitrogen and oxygen atoms in total. The third-order valence-electron chi connectivity index (χ3n) is 3.63. The van der Waals surface area contributed by atoms with Gasteiger partial charge < -0.3 is 15.4 Å². The lowest BCUT2D eigenvalue weighted by atomic mass is 9.98. The van der Waals surface area contributed by atoms with Crippen LogP contribution in [0.3, 0.4) is 0 Å². The highest BCUT2D eigenvalue weighted by atomic mass is 19.1. The van der Waals surface area contributed by atoms with Gasteiger partial charge >= 0.3 is 0 Å². The van der Waals surface area contributed by atoms with Crippen molar-refractivity contribution in [1.82, 2.24) is 10.6 Å². The van der Waals surface area contributed by atoms with Gasteiger partial charge in [0.2, 0.25) is 5.91 Å². The number of amides is 1. The predicted octanol–water partition coefficient (Wildman–Crippen LogP) is 1.25. The number of methoxy groups -OCH3 is 1. The monoisotopic (exact) mass is 280 g/mol. The van der Waals surface area contributed by atoms with Crippen LogP contribution in [0.5, 0.6) is 0 Å². The minimum atomic E-state index is -0.316. The van der Waals surface area contributed by atoms with Crippen LogP contribution in [0.15, 0.2) is 24.3 Å². The topological polar surface area (TPSA) is 50.4 Å². The lowest BCUT2D eigenvalue weighted by molar-refractivity contribution is -0.120. The minimum absolute atomic E-state index is 0.0974. The van der Waals surface area contributed by atoms with Gasteiger partial charge in [0, 0.05) is 13.7 Å². The Morgan fingerprint density at radius 1 is 1.55 bits per heavy atom. The van der Waals surface area contributed by atoms with Gasteiger partial charge in [0.1, 0.15) is 5.82 Å². The first-order chi connectivity index (χ1) is 9.63. The number of hydrogen-bond acceptors (Lipinski definition) is 3. The first kappa shape index (κ1) is 14.9. The van der Waals surface area contributed by atoms with Gasteiger partial charge in [0.05, 0.1) is 18.6 Å². The number of rotatable bonds is 6. The Morgan fingerprint density at radius 3 is 3.05 bits per heavy atom. The third-order valence-corrected chi connectivity index (χ3v) is 3.63. The summed E-state index contributed by atoms with van der Waals surface area (Å²) in [5.41, 5.74) is 0.523. The van der Waals surface area contributed by atoms with Gasteiger partial charge in [0.25, 0.3) is 0 Å². The van der Waals surface area contributed by atoms with Crippen molar-refractivity contribution in [3.63, 3.8) is 0 Å². The molecule has 0 radical (unpaired) electrons. The molecular formula is C15H21FN2O2. The van der Waals surface area contributed by atoms with Crippen molar-refractivity contribution in [2.45, 2.75) is 24.8 Å². The average molecular weight is 280 g/mol. The molecule has 1 fully saturated rings. The van der Waals surface area contributed by atoms with Crippen LogP contribution < -0.4 is 10.6 Å². The smallest absolute Gasteiger partial charge is 0.224 e. The molecule has 1 aliphatic heterocycles. The summed E-state index contributed by atoms with van der Waals surface area (Å²) in [4.78, 5) is 11.9. The van der Waals surface area contributed by atoms with E-state index in [0.29, 0.717) is 18.7 Å². The summed E-state index contributed by atoms with van der Waals surface area (Å²) in [5, 5.41) is 6.31. The maximum absolute atomic E-state index is 13.1. The van der Waals surface area contributed by atoms with Crippen molar-refractivity contribution in [2.75, 3.05) is 26.8 Å². The van der Waals surface area contributed by atoms with E-state index in [1.807, 2.05) is 0 Å². The molecule has 1 saturated heterocycles. The molecule has 0 aromatic heterocycles. The number of ether oxygens (including phenoxy) is 1. The molecule has 1 heterocycles. The largest absolute Gasteiger partial charge is 0.383 e. The molecular weight excluding hydrogens is 259 g/mol. The Labute approximate surface area is 118 Å². The number of carbonyl (C=O) groups excluding carboxylic acids is 1. The molecule has 2 N–H and O–H groups in total. The number of halogens is 1. The lowest BCUT2D eigenvalue weighted by Crippen LogP contribution is -2.53. The predicted molar refractivity (Wildman–Crippen MR) is 75.0 cm³/mol. The fourth-order valence-electron chi connectivity index (χ4n) is 2.63. The standard InChI is InChI=1S/C15H21FN2O2/c1-20-11-15(6-3-7-18-15)10-17-14(19)9-12-4-2-5-13(16)8-12/h2,4-5,8,18H,3,6-7,9-11H2,1H3,(H,17,19). The second-order valence-electron chi connectivity index (χ2n) is 5.33. The summed E-state index contributed by atoms with van der Waals surface area (Å²) in [7, 11) is 1.66. The molecule has 2 rings (SSSR count). The summed E-state index contributed by atoms with van der Waals surface area (Å²) < 4.78 is 18.3. The number of hydrogen-bond donors (Lipinski definition) is 2. The van der Waals surface area contributed by atoms with Gasteiger partial charge in [-0.05, 0) is 37.1 Å². The lowest BCUT2D eigenvalue weighted by Gasteiger charge is -2.29. The van der Waals surface area contributed by atoms with Crippen LogP contribution in [0.1, 0.15) is 18.4 Å². The van der Waals surface area contributed by atoms with Gasteiger partial charge in [-0.15, -0.1) is 0 Å². The van der Waals surface area contributed by atoms with Gasteiger partial charge in [0.15, 0.2) is 0 Å². The van der Waals surface area contributed by atoms with E-state index in [9.17, 15) is 9.18 Å². The molecule has 1 aromatic carbocycles. The third kappa shape index (κ3) is 4.02. The Balaban J connectivity index is 1.85. The number of nitrogens with one attached hydrogen (secondary N) is 2. The van der Waals surface area contributed by atoms with Gasteiger partial charge in [-0.2, -0.15) is 0 Å². The van der Waals surface area contributed by atoms with Crippen molar-refractivity contribution in [2.24, 2.45) is 0 Å². The Bertz CT molecular complexity index is 459. The van der Waals surface area contributed by atoms with Crippen LogP contribution in [-0.4, -0.2) is 38.3 Å². The Hall–Kier alpha value is -1.46. The van der Waals surface area contributed by atoms with E-state index in [-0.39, 0.29) is 23.7 Å². The molecule has 110 valence electrons. The minimum Gasteiger partial charge on any atom is -0.383 e. The fraction of sp³-hybridized carbons (Fsp3) is 0.533. The van der Waals surface area contributed by atoms with Crippen LogP contribution in [0.2, 0.25) is 0 Å². The van der Waals surface area contributed by atoms with Crippen LogP contribution in [0.4, 0.5) is 4.39 Å². The van der Waals surface area contributed by atoms with Crippen molar-refractivity contribution < 1.29 is 13.9 Å². The molecule has 20 heavy (non-hydrogen) atoms. The highest BCUT2D eigenvalue weighted by Crippen LogP contribution is 2.18. The summed E-state index contributed by atoms with van der Waals surface area (Å²) in [6, 6.07) is 6.13. The quantitative estimate of drug-likeness (QED) is 0.824. The van der Waals surface area contributed by atoms with E-state index in [2.05, 4.69) is 10.6 Å². The van der Waals surface area contributed by atoms with E-state index in [0.717, 1.165) is 19.4 Å². The Morgan fingerprint density at radius 2 is 2.40 bits per heavy atom. The van der Waals surface area contributed by atoms with E-state index in [4.69, 9.17) is 4.74 Å². The molecule has 0 spiro atoms. The molecule has 1 aliphatic rings. The zero-order valence-electron chi connectivity index (χ0n) is 11.7. The van der Waals surface area contributed by atoms with E-state index in [1.54, 1.807) is 19.2 Å². The van der Waals surface area contributed by atoms with Gasteiger partial charge in [-0.3, -0.25) is 4.79 Å². The van der Waals surface area contributed by atoms with Gasteiger partial charge in [-0.1, -0.05) is 12.1 Å². The van der Waals surface area contributed by atoms with E-state index in [1.165, 1.54) is 12.1 Å². The van der Waals surface area contributed by atoms with E-state index >= 15 is 0 Å². The highest BCUT2D eigenvalue weighted by Gasteiger charge is 2.33. The molecule has 1 amide bonds. The molecule has 1 atom stereocenters. The number of carbonyl (C=O) groups is 1. The number of benzene rings is 1. The Kier molecular flexibility index (Phi) is 5.09. The molecule has 0 bridgehead atoms. The first-order valence-electron chi connectivity index (χ1n) is 6.89. The fourth-order valence-corrected chi connectivity index (χ4v) is 2.63. The summed E-state index contributed by atoms with van der Waals surface area (Å²) in [6.45, 7) is 2.06. The van der Waals surface area contributed by atoms with Crippen LogP contribution in [0, 0.1) is 5.82 Å². The zero-order chi connectivity index (χ0) is 14.4. The SMILES string of the molecule is COCC1(CNC(=O)Cc2cccc(F)c2)CCCN1. The second-order valence-corrected chi connectivity index (χ2v) is 5.33. The zero-order valence-corrected chi connectivity index (χ0v) is 11.7. The second kappa shape index (κ2) is 6.81. The van der Waals surface area contributed by atoms with Crippen LogP contribution >= 0.6 is 0 Å². The summed E-state index contributed by atoms with van der Waals surface area (Å²) in [6.07, 6.45) is 2.27. The summed E-state index contributed by atoms with van der Waals surface area (Å²) in [5.74, 6) is -0.414. The summed E-state index contributed by atoms with van der Waals surface area (Å²) >= 11 is 0. The normalized spacial score (nSPS) is 21.9. The van der Waals surface area contributed by atoms with Crippen molar-refractivity contribution in [3.05, 3.63) is 35.6 Å². The van der Waals surface area contributed by atoms with Crippen molar-refractivity contribution in [3.8, 4) is 0 Å². The maximum Gasteiger partial charge on any atom is 0.224 e. The molecule has 1 unspecified atom stereocenters. The van der Waals surface area contributed by atoms with E-state index < -0.39 is 0 Å². The molecule has 0 saturated carbocycles. The van der Waals surface area contributed by atoms with Crippen molar-refractivity contribution >= 4 is 5.91 Å². The maximum atomic E-state index is 13.1. The van der Waals surface area contributed by atoms with Crippen LogP contribution in [0.25, 0.3) is 0 Å². The van der Waals surface area contributed by atoms with Crippen LogP contribution in [-0.2, 0) is 16.0 Å². The van der Waals surface area contributed by atoms with Gasteiger partial charge in [-0.25, -0.2) is 4.39 Å². The highest BCUT2D eigenvalue weighted by molar-refractivity contribution is 5.78. The molecule has 1 aromatic rings. The van der Waals surface area contributed by atoms with Crippen molar-refractivity contribution in [1.29, 1.82) is 0 Å². The average Bonchev–Trinajstić information content (AvgIpc) is 2.86. The first-order valence-corrected chi connectivity index (χ1v) is 6.89. The molecule has 5 heteroatoms. The molecule has 0 aliphatic carbocycles.